The third kappa shape index (κ3) is 4.92. The Hall–Kier alpha value is -0.630. The quantitative estimate of drug-likeness (QED) is 0.416. The molecule has 0 amide bonds. The normalized spacial score (nSPS) is 23.8. The Bertz CT molecular complexity index is 723. The van der Waals surface area contributed by atoms with Crippen LogP contribution in [0.1, 0.15) is 23.8 Å². The number of H-pyrrole nitrogens is 2. The Morgan fingerprint density at radius 3 is 2.83 bits per heavy atom. The van der Waals surface area contributed by atoms with E-state index in [0.29, 0.717) is 0 Å². The number of ether oxygens (including phenoxy) is 1. The number of rotatable bonds is 4. The van der Waals surface area contributed by atoms with E-state index in [1.165, 1.54) is 0 Å². The number of aliphatic hydroxyl groups is 1. The van der Waals surface area contributed by atoms with Crippen LogP contribution in [0.4, 0.5) is 0 Å². The van der Waals surface area contributed by atoms with Gasteiger partial charge in [0.15, 0.2) is 0 Å². The molecule has 0 aliphatic carbocycles. The van der Waals surface area contributed by atoms with Gasteiger partial charge in [-0.05, 0) is 0 Å². The maximum absolute atomic E-state index is 11.9. The molecule has 0 radical (unpaired) electrons. The molecule has 23 heavy (non-hydrogen) atoms. The molecule has 1 fully saturated rings. The predicted octanol–water partition coefficient (Wildman–Crippen LogP) is -0.442. The minimum absolute atomic E-state index is 0.0779. The van der Waals surface area contributed by atoms with Gasteiger partial charge >= 0.3 is 5.69 Å². The molecule has 11 heteroatoms. The first-order chi connectivity index (χ1) is 10.9. The van der Waals surface area contributed by atoms with Crippen LogP contribution in [0.5, 0.6) is 0 Å². The van der Waals surface area contributed by atoms with E-state index in [0.717, 1.165) is 0 Å². The first-order valence-corrected chi connectivity index (χ1v) is 11.2. The van der Waals surface area contributed by atoms with Crippen LogP contribution in [0.25, 0.3) is 0 Å². The van der Waals surface area contributed by atoms with Crippen molar-refractivity contribution in [3.63, 3.8) is 0 Å². The van der Waals surface area contributed by atoms with Crippen LogP contribution in [0, 0.1) is 11.8 Å². The number of aromatic nitrogens is 2. The minimum atomic E-state index is -0.761. The van der Waals surface area contributed by atoms with Crippen molar-refractivity contribution in [2.75, 3.05) is 13.2 Å². The highest BCUT2D eigenvalue weighted by molar-refractivity contribution is 8.41. The van der Waals surface area contributed by atoms with Crippen LogP contribution in [-0.4, -0.2) is 40.4 Å². The summed E-state index contributed by atoms with van der Waals surface area (Å²) in [6.07, 6.45) is -1.71. The van der Waals surface area contributed by atoms with Crippen molar-refractivity contribution in [1.29, 1.82) is 0 Å². The zero-order valence-corrected chi connectivity index (χ0v) is 15.3. The summed E-state index contributed by atoms with van der Waals surface area (Å²) in [6.45, 7) is 0.294. The fourth-order valence-corrected chi connectivity index (χ4v) is 3.07. The second-order valence-corrected chi connectivity index (χ2v) is 10.6. The van der Waals surface area contributed by atoms with E-state index in [4.69, 9.17) is 15.0 Å². The van der Waals surface area contributed by atoms with E-state index >= 15 is 0 Å². The number of aromatic amines is 2. The number of nitrogens with one attached hydrogen (secondary N) is 2. The molecular weight excluding hydrogens is 359 g/mol. The van der Waals surface area contributed by atoms with Crippen LogP contribution in [0.15, 0.2) is 9.59 Å². The standard InChI is InChI=1S/C12H18N3O5P3/c13-3-1-2-6-10(14-12(18)15-11(6)17)8-4-7(16)9(20-8)5-19-23(21)22/h7-9,16H,3-5,13,21-22H2,(H2,14,15,17,18). The van der Waals surface area contributed by atoms with Gasteiger partial charge in [0, 0.05) is 6.42 Å². The second kappa shape index (κ2) is 8.46. The van der Waals surface area contributed by atoms with Gasteiger partial charge in [-0.15, -0.1) is 0 Å². The van der Waals surface area contributed by atoms with E-state index in [9.17, 15) is 14.7 Å². The SMILES string of the molecule is NCC#Cc1c(C2CC(O)C(COP(P)P)O2)[nH]c(=O)[nH]c1=O. The van der Waals surface area contributed by atoms with E-state index in [-0.39, 0.29) is 30.8 Å². The van der Waals surface area contributed by atoms with Crippen molar-refractivity contribution in [2.24, 2.45) is 5.73 Å². The van der Waals surface area contributed by atoms with E-state index in [1.807, 2.05) is 0 Å². The maximum atomic E-state index is 11.9. The summed E-state index contributed by atoms with van der Waals surface area (Å²) in [4.78, 5) is 28.1. The van der Waals surface area contributed by atoms with Crippen LogP contribution in [0.2, 0.25) is 0 Å². The molecule has 0 spiro atoms. The number of nitrogens with two attached hydrogens (primary N) is 1. The van der Waals surface area contributed by atoms with Gasteiger partial charge in [0.25, 0.3) is 5.56 Å². The van der Waals surface area contributed by atoms with Crippen molar-refractivity contribution < 1.29 is 14.4 Å². The van der Waals surface area contributed by atoms with Crippen molar-refractivity contribution >= 4 is 25.4 Å². The monoisotopic (exact) mass is 377 g/mol. The molecule has 0 aromatic carbocycles. The summed E-state index contributed by atoms with van der Waals surface area (Å²) in [6, 6.07) is 0. The van der Waals surface area contributed by atoms with E-state index < -0.39 is 37.1 Å². The average molecular weight is 377 g/mol. The molecule has 1 aromatic heterocycles. The Morgan fingerprint density at radius 1 is 1.43 bits per heavy atom. The van der Waals surface area contributed by atoms with E-state index in [1.54, 1.807) is 0 Å². The van der Waals surface area contributed by atoms with Crippen molar-refractivity contribution in [1.82, 2.24) is 9.97 Å². The molecule has 2 heterocycles. The number of hydrogen-bond acceptors (Lipinski definition) is 6. The molecule has 5 atom stereocenters. The summed E-state index contributed by atoms with van der Waals surface area (Å²) in [5.74, 6) is 5.22. The Balaban J connectivity index is 2.28. The molecule has 8 nitrogen and oxygen atoms in total. The van der Waals surface area contributed by atoms with E-state index in [2.05, 4.69) is 39.7 Å². The van der Waals surface area contributed by atoms with Crippen molar-refractivity contribution in [2.45, 2.75) is 24.7 Å². The molecule has 1 aliphatic rings. The molecule has 2 rings (SSSR count). The van der Waals surface area contributed by atoms with Crippen LogP contribution in [-0.2, 0) is 9.26 Å². The molecule has 0 saturated carbocycles. The molecule has 1 aliphatic heterocycles. The van der Waals surface area contributed by atoms with Gasteiger partial charge in [0.1, 0.15) is 17.8 Å². The molecule has 0 bridgehead atoms. The largest absolute Gasteiger partial charge is 0.390 e. The fourth-order valence-electron chi connectivity index (χ4n) is 2.23. The van der Waals surface area contributed by atoms with Gasteiger partial charge in [0.05, 0.1) is 32.5 Å². The predicted molar refractivity (Wildman–Crippen MR) is 94.1 cm³/mol. The summed E-state index contributed by atoms with van der Waals surface area (Å²) < 4.78 is 11.2. The number of hydrogen-bond donors (Lipinski definition) is 4. The lowest BCUT2D eigenvalue weighted by Gasteiger charge is -2.16. The molecule has 1 aromatic rings. The summed E-state index contributed by atoms with van der Waals surface area (Å²) in [5, 5.41) is 10.1. The highest BCUT2D eigenvalue weighted by atomic mass is 32.4. The first kappa shape index (κ1) is 18.7. The molecular formula is C12H18N3O5P3. The van der Waals surface area contributed by atoms with Gasteiger partial charge in [-0.3, -0.25) is 9.78 Å². The lowest BCUT2D eigenvalue weighted by Crippen LogP contribution is -2.28. The summed E-state index contributed by atoms with van der Waals surface area (Å²) in [7, 11) is 4.29. The Kier molecular flexibility index (Phi) is 6.88. The second-order valence-electron chi connectivity index (χ2n) is 4.82. The summed E-state index contributed by atoms with van der Waals surface area (Å²) in [5.41, 5.74) is 4.40. The van der Waals surface area contributed by atoms with Crippen LogP contribution < -0.4 is 17.0 Å². The van der Waals surface area contributed by atoms with Gasteiger partial charge in [-0.25, -0.2) is 4.79 Å². The molecule has 1 saturated heterocycles. The third-order valence-electron chi connectivity index (χ3n) is 3.22. The zero-order chi connectivity index (χ0) is 17.0. The lowest BCUT2D eigenvalue weighted by molar-refractivity contribution is -0.0148. The van der Waals surface area contributed by atoms with Crippen LogP contribution in [0.3, 0.4) is 0 Å². The van der Waals surface area contributed by atoms with Crippen molar-refractivity contribution in [3.8, 4) is 11.8 Å². The minimum Gasteiger partial charge on any atom is -0.390 e. The molecule has 5 N–H and O–H groups in total. The van der Waals surface area contributed by atoms with Crippen LogP contribution >= 0.6 is 25.4 Å². The summed E-state index contributed by atoms with van der Waals surface area (Å²) >= 11 is 0. The topological polar surface area (TPSA) is 130 Å². The Morgan fingerprint density at radius 2 is 2.17 bits per heavy atom. The van der Waals surface area contributed by atoms with Gasteiger partial charge in [0.2, 0.25) is 0 Å². The fraction of sp³-hybridized carbons (Fsp3) is 0.500. The smallest absolute Gasteiger partial charge is 0.326 e. The highest BCUT2D eigenvalue weighted by Gasteiger charge is 2.37. The highest BCUT2D eigenvalue weighted by Crippen LogP contribution is 2.54. The molecule has 5 unspecified atom stereocenters. The first-order valence-electron chi connectivity index (χ1n) is 6.73. The van der Waals surface area contributed by atoms with Gasteiger partial charge in [-0.1, -0.05) is 29.7 Å². The zero-order valence-electron chi connectivity index (χ0n) is 12.1. The average Bonchev–Trinajstić information content (AvgIpc) is 2.84. The molecule has 126 valence electrons. The maximum Gasteiger partial charge on any atom is 0.326 e. The lowest BCUT2D eigenvalue weighted by atomic mass is 10.1. The Labute approximate surface area is 138 Å². The number of aliphatic hydroxyl groups excluding tert-OH is 1. The van der Waals surface area contributed by atoms with Crippen molar-refractivity contribution in [3.05, 3.63) is 32.1 Å². The van der Waals surface area contributed by atoms with Gasteiger partial charge < -0.3 is 25.1 Å². The van der Waals surface area contributed by atoms with Gasteiger partial charge in [-0.2, -0.15) is 0 Å². The third-order valence-corrected chi connectivity index (χ3v) is 4.56.